The number of amides is 2. The number of ether oxygens (including phenoxy) is 1. The normalized spacial score (nSPS) is 23.3. The lowest BCUT2D eigenvalue weighted by atomic mass is 9.88. The molecule has 0 aromatic heterocycles. The van der Waals surface area contributed by atoms with Crippen molar-refractivity contribution < 1.29 is 14.3 Å². The summed E-state index contributed by atoms with van der Waals surface area (Å²) < 4.78 is 5.91. The number of hydrogen-bond donors (Lipinski definition) is 2. The van der Waals surface area contributed by atoms with Gasteiger partial charge in [0.25, 0.3) is 5.91 Å². The van der Waals surface area contributed by atoms with E-state index in [4.69, 9.17) is 4.74 Å². The molecule has 0 radical (unpaired) electrons. The number of benzene rings is 1. The van der Waals surface area contributed by atoms with Gasteiger partial charge in [-0.05, 0) is 37.0 Å². The summed E-state index contributed by atoms with van der Waals surface area (Å²) in [6.07, 6.45) is 5.21. The Labute approximate surface area is 146 Å². The van der Waals surface area contributed by atoms with Gasteiger partial charge in [-0.1, -0.05) is 19.8 Å². The van der Waals surface area contributed by atoms with Crippen molar-refractivity contribution in [3.8, 4) is 0 Å². The van der Waals surface area contributed by atoms with Gasteiger partial charge >= 0.3 is 0 Å². The fraction of sp³-hybridized carbons (Fsp3) is 0.556. The van der Waals surface area contributed by atoms with Gasteiger partial charge in [-0.3, -0.25) is 9.59 Å². The average Bonchev–Trinajstić information content (AvgIpc) is 2.59. The highest BCUT2D eigenvalue weighted by Gasteiger charge is 2.21. The molecule has 0 saturated heterocycles. The van der Waals surface area contributed by atoms with Crippen LogP contribution in [-0.2, 0) is 9.53 Å². The number of carbonyl (C=O) groups is 2. The first-order chi connectivity index (χ1) is 11.6. The second-order valence-corrected chi connectivity index (χ2v) is 7.49. The quantitative estimate of drug-likeness (QED) is 0.803. The first kappa shape index (κ1) is 17.3. The van der Waals surface area contributed by atoms with Gasteiger partial charge in [0.1, 0.15) is 0 Å². The Bertz CT molecular complexity index is 620. The molecule has 2 aliphatic rings. The second kappa shape index (κ2) is 8.03. The van der Waals surface area contributed by atoms with Crippen molar-refractivity contribution in [3.05, 3.63) is 23.8 Å². The van der Waals surface area contributed by atoms with Gasteiger partial charge in [-0.25, -0.2) is 0 Å². The zero-order valence-electron chi connectivity index (χ0n) is 14.0. The SMILES string of the molecule is C[C@@H]1CCCC[C@H]1OCCNC(=O)c1ccc2c(c1)NC(=O)CS2. The Kier molecular flexibility index (Phi) is 5.79. The lowest BCUT2D eigenvalue weighted by Gasteiger charge is -2.28. The van der Waals surface area contributed by atoms with E-state index >= 15 is 0 Å². The third kappa shape index (κ3) is 4.30. The number of fused-ring (bicyclic) bond motifs is 1. The van der Waals surface area contributed by atoms with Crippen molar-refractivity contribution in [2.45, 2.75) is 43.6 Å². The molecule has 2 N–H and O–H groups in total. The number of nitrogens with one attached hydrogen (secondary N) is 2. The molecule has 0 unspecified atom stereocenters. The zero-order valence-corrected chi connectivity index (χ0v) is 14.8. The molecule has 0 spiro atoms. The summed E-state index contributed by atoms with van der Waals surface area (Å²) in [4.78, 5) is 24.7. The van der Waals surface area contributed by atoms with Crippen LogP contribution in [0.4, 0.5) is 5.69 Å². The van der Waals surface area contributed by atoms with Crippen molar-refractivity contribution in [2.24, 2.45) is 5.92 Å². The van der Waals surface area contributed by atoms with Crippen LogP contribution in [0, 0.1) is 5.92 Å². The van der Waals surface area contributed by atoms with Crippen molar-refractivity contribution in [2.75, 3.05) is 24.2 Å². The first-order valence-electron chi connectivity index (χ1n) is 8.60. The van der Waals surface area contributed by atoms with E-state index in [9.17, 15) is 9.59 Å². The molecule has 1 saturated carbocycles. The van der Waals surface area contributed by atoms with Gasteiger partial charge in [-0.2, -0.15) is 0 Å². The van der Waals surface area contributed by atoms with Crippen LogP contribution in [0.3, 0.4) is 0 Å². The predicted molar refractivity (Wildman–Crippen MR) is 95.5 cm³/mol. The van der Waals surface area contributed by atoms with E-state index in [1.807, 2.05) is 6.07 Å². The summed E-state index contributed by atoms with van der Waals surface area (Å²) in [7, 11) is 0. The van der Waals surface area contributed by atoms with E-state index < -0.39 is 0 Å². The lowest BCUT2D eigenvalue weighted by Crippen LogP contribution is -2.32. The Morgan fingerprint density at radius 3 is 3.04 bits per heavy atom. The van der Waals surface area contributed by atoms with E-state index in [0.29, 0.717) is 36.5 Å². The van der Waals surface area contributed by atoms with Crippen molar-refractivity contribution in [3.63, 3.8) is 0 Å². The van der Waals surface area contributed by atoms with Crippen LogP contribution in [-0.4, -0.2) is 36.8 Å². The summed E-state index contributed by atoms with van der Waals surface area (Å²) in [6.45, 7) is 3.28. The van der Waals surface area contributed by atoms with Crippen LogP contribution in [0.15, 0.2) is 23.1 Å². The highest BCUT2D eigenvalue weighted by Crippen LogP contribution is 2.32. The van der Waals surface area contributed by atoms with Gasteiger partial charge < -0.3 is 15.4 Å². The monoisotopic (exact) mass is 348 g/mol. The van der Waals surface area contributed by atoms with Gasteiger partial charge in [-0.15, -0.1) is 11.8 Å². The number of anilines is 1. The minimum atomic E-state index is -0.136. The predicted octanol–water partition coefficient (Wildman–Crippen LogP) is 3.06. The summed E-state index contributed by atoms with van der Waals surface area (Å²) >= 11 is 1.49. The third-order valence-electron chi connectivity index (χ3n) is 4.63. The summed E-state index contributed by atoms with van der Waals surface area (Å²) in [6, 6.07) is 5.41. The topological polar surface area (TPSA) is 67.4 Å². The molecule has 3 rings (SSSR count). The molecule has 24 heavy (non-hydrogen) atoms. The molecule has 6 heteroatoms. The molecule has 1 heterocycles. The van der Waals surface area contributed by atoms with Crippen molar-refractivity contribution in [1.29, 1.82) is 0 Å². The van der Waals surface area contributed by atoms with Gasteiger partial charge in [0.2, 0.25) is 5.91 Å². The minimum absolute atomic E-state index is 0.0277. The molecule has 130 valence electrons. The largest absolute Gasteiger partial charge is 0.376 e. The van der Waals surface area contributed by atoms with Crippen LogP contribution in [0.1, 0.15) is 43.0 Å². The number of thioether (sulfide) groups is 1. The minimum Gasteiger partial charge on any atom is -0.376 e. The lowest BCUT2D eigenvalue weighted by molar-refractivity contribution is -0.113. The number of rotatable bonds is 5. The Hall–Kier alpha value is -1.53. The average molecular weight is 348 g/mol. The van der Waals surface area contributed by atoms with Gasteiger partial charge in [0.05, 0.1) is 24.2 Å². The number of hydrogen-bond acceptors (Lipinski definition) is 4. The molecule has 5 nitrogen and oxygen atoms in total. The van der Waals surface area contributed by atoms with E-state index in [1.54, 1.807) is 12.1 Å². The molecule has 0 bridgehead atoms. The maximum absolute atomic E-state index is 12.2. The molecule has 2 amide bonds. The Balaban J connectivity index is 1.47. The summed E-state index contributed by atoms with van der Waals surface area (Å²) in [5, 5.41) is 5.69. The van der Waals surface area contributed by atoms with Crippen molar-refractivity contribution in [1.82, 2.24) is 5.32 Å². The van der Waals surface area contributed by atoms with Crippen LogP contribution in [0.5, 0.6) is 0 Å². The van der Waals surface area contributed by atoms with E-state index in [1.165, 1.54) is 31.0 Å². The van der Waals surface area contributed by atoms with Gasteiger partial charge in [0, 0.05) is 17.0 Å². The first-order valence-corrected chi connectivity index (χ1v) is 9.58. The zero-order chi connectivity index (χ0) is 16.9. The molecular formula is C18H24N2O3S. The standard InChI is InChI=1S/C18H24N2O3S/c1-12-4-2-3-5-15(12)23-9-8-19-18(22)13-6-7-16-14(10-13)20-17(21)11-24-16/h6-7,10,12,15H,2-5,8-9,11H2,1H3,(H,19,22)(H,20,21)/t12-,15-/m1/s1. The van der Waals surface area contributed by atoms with Crippen LogP contribution in [0.25, 0.3) is 0 Å². The van der Waals surface area contributed by atoms with E-state index in [0.717, 1.165) is 17.0 Å². The van der Waals surface area contributed by atoms with Crippen molar-refractivity contribution >= 4 is 29.3 Å². The van der Waals surface area contributed by atoms with E-state index in [2.05, 4.69) is 17.6 Å². The van der Waals surface area contributed by atoms with Crippen LogP contribution < -0.4 is 10.6 Å². The van der Waals surface area contributed by atoms with Crippen LogP contribution >= 0.6 is 11.8 Å². The number of carbonyl (C=O) groups excluding carboxylic acids is 2. The smallest absolute Gasteiger partial charge is 0.251 e. The van der Waals surface area contributed by atoms with E-state index in [-0.39, 0.29) is 11.8 Å². The van der Waals surface area contributed by atoms with Crippen LogP contribution in [0.2, 0.25) is 0 Å². The highest BCUT2D eigenvalue weighted by atomic mass is 32.2. The molecule has 1 fully saturated rings. The molecule has 1 aliphatic carbocycles. The highest BCUT2D eigenvalue weighted by molar-refractivity contribution is 8.00. The third-order valence-corrected chi connectivity index (χ3v) is 5.70. The second-order valence-electron chi connectivity index (χ2n) is 6.47. The molecule has 1 aliphatic heterocycles. The molecule has 1 aromatic rings. The maximum Gasteiger partial charge on any atom is 0.251 e. The molecular weight excluding hydrogens is 324 g/mol. The summed E-state index contributed by atoms with van der Waals surface area (Å²) in [5.74, 6) is 0.870. The maximum atomic E-state index is 12.2. The fourth-order valence-electron chi connectivity index (χ4n) is 3.23. The molecule has 1 aromatic carbocycles. The summed E-state index contributed by atoms with van der Waals surface area (Å²) in [5.41, 5.74) is 1.28. The van der Waals surface area contributed by atoms with Gasteiger partial charge in [0.15, 0.2) is 0 Å². The Morgan fingerprint density at radius 1 is 1.38 bits per heavy atom. The molecule has 2 atom stereocenters. The Morgan fingerprint density at radius 2 is 2.21 bits per heavy atom. The fourth-order valence-corrected chi connectivity index (χ4v) is 4.02.